The third-order valence-corrected chi connectivity index (χ3v) is 7.15. The fourth-order valence-electron chi connectivity index (χ4n) is 3.86. The molecule has 1 amide bonds. The van der Waals surface area contributed by atoms with Gasteiger partial charge in [0, 0.05) is 9.72 Å². The molecule has 2 aromatic carbocycles. The van der Waals surface area contributed by atoms with E-state index in [1.54, 1.807) is 24.3 Å². The van der Waals surface area contributed by atoms with Gasteiger partial charge < -0.3 is 15.4 Å². The molecule has 5 nitrogen and oxygen atoms in total. The van der Waals surface area contributed by atoms with Crippen LogP contribution in [0.25, 0.3) is 10.1 Å². The van der Waals surface area contributed by atoms with Crippen molar-refractivity contribution in [2.24, 2.45) is 5.73 Å². The minimum absolute atomic E-state index is 0.347. The fraction of sp³-hybridized carbons (Fsp3) is 0.385. The molecule has 1 saturated carbocycles. The van der Waals surface area contributed by atoms with Crippen LogP contribution in [-0.4, -0.2) is 42.3 Å². The lowest BCUT2D eigenvalue weighted by molar-refractivity contribution is -0.114. The topological polar surface area (TPSA) is 72.6 Å². The van der Waals surface area contributed by atoms with Gasteiger partial charge >= 0.3 is 0 Å². The molecule has 33 heavy (non-hydrogen) atoms. The molecule has 1 aromatic heterocycles. The number of ether oxygens (including phenoxy) is 1. The first-order valence-electron chi connectivity index (χ1n) is 11.5. The summed E-state index contributed by atoms with van der Waals surface area (Å²) in [6.07, 6.45) is 8.24. The Bertz CT molecular complexity index is 1100. The van der Waals surface area contributed by atoms with Crippen LogP contribution in [0.4, 0.5) is 0 Å². The molecule has 2 heterocycles. The number of carbonyl (C=O) groups excluding carboxylic acids is 2. The Hall–Kier alpha value is -2.41. The number of halogens is 1. The number of nitrogens with two attached hydrogens (primary N) is 1. The molecule has 1 aliphatic heterocycles. The summed E-state index contributed by atoms with van der Waals surface area (Å²) >= 11 is 7.01. The lowest BCUT2D eigenvalue weighted by atomic mass is 10.1. The molecule has 7 heteroatoms. The second-order valence-electron chi connectivity index (χ2n) is 8.60. The second-order valence-corrected chi connectivity index (χ2v) is 10.1. The van der Waals surface area contributed by atoms with Crippen LogP contribution < -0.4 is 10.5 Å². The van der Waals surface area contributed by atoms with E-state index < -0.39 is 11.7 Å². The summed E-state index contributed by atoms with van der Waals surface area (Å²) in [6.45, 7) is 3.89. The van der Waals surface area contributed by atoms with Crippen molar-refractivity contribution in [1.29, 1.82) is 0 Å². The van der Waals surface area contributed by atoms with Crippen LogP contribution in [0.2, 0.25) is 5.02 Å². The Balaban J connectivity index is 0.000000160. The number of hydrogen-bond acceptors (Lipinski definition) is 5. The van der Waals surface area contributed by atoms with E-state index in [-0.39, 0.29) is 0 Å². The highest BCUT2D eigenvalue weighted by molar-refractivity contribution is 7.21. The molecule has 2 N–H and O–H groups in total. The predicted molar refractivity (Wildman–Crippen MR) is 134 cm³/mol. The van der Waals surface area contributed by atoms with Gasteiger partial charge in [-0.25, -0.2) is 0 Å². The number of aryl methyl sites for hydroxylation is 1. The zero-order chi connectivity index (χ0) is 23.2. The zero-order valence-corrected chi connectivity index (χ0v) is 20.2. The summed E-state index contributed by atoms with van der Waals surface area (Å²) in [4.78, 5) is 24.9. The summed E-state index contributed by atoms with van der Waals surface area (Å²) < 4.78 is 6.63. The normalized spacial score (nSPS) is 15.8. The summed E-state index contributed by atoms with van der Waals surface area (Å²) in [5.74, 6) is -0.555. The number of fused-ring (bicyclic) bond motifs is 1. The van der Waals surface area contributed by atoms with Gasteiger partial charge in [0.1, 0.15) is 5.75 Å². The van der Waals surface area contributed by atoms with Gasteiger partial charge in [-0.3, -0.25) is 9.59 Å². The van der Waals surface area contributed by atoms with E-state index in [1.807, 2.05) is 0 Å². The van der Waals surface area contributed by atoms with Gasteiger partial charge in [-0.15, -0.1) is 11.3 Å². The molecule has 3 aromatic rings. The maximum absolute atomic E-state index is 11.3. The molecular formula is C26H29ClN2O3S. The van der Waals surface area contributed by atoms with Gasteiger partial charge in [0.25, 0.3) is 11.7 Å². The number of Topliss-reactive ketones (excluding diaryl/α,β-unsaturated/α-hetero) is 1. The molecule has 0 atom stereocenters. The van der Waals surface area contributed by atoms with Crippen molar-refractivity contribution < 1.29 is 14.3 Å². The van der Waals surface area contributed by atoms with Crippen molar-refractivity contribution in [3.8, 4) is 5.75 Å². The average molecular weight is 485 g/mol. The summed E-state index contributed by atoms with van der Waals surface area (Å²) in [7, 11) is 0. The third kappa shape index (κ3) is 7.03. The highest BCUT2D eigenvalue weighted by Gasteiger charge is 2.23. The van der Waals surface area contributed by atoms with E-state index in [1.165, 1.54) is 75.1 Å². The van der Waals surface area contributed by atoms with Crippen molar-refractivity contribution >= 4 is 44.7 Å². The van der Waals surface area contributed by atoms with Gasteiger partial charge in [0.2, 0.25) is 0 Å². The van der Waals surface area contributed by atoms with Crippen molar-refractivity contribution in [1.82, 2.24) is 4.90 Å². The van der Waals surface area contributed by atoms with Crippen LogP contribution in [0.5, 0.6) is 5.75 Å². The average Bonchev–Trinajstić information content (AvgIpc) is 3.29. The first kappa shape index (κ1) is 23.7. The third-order valence-electron chi connectivity index (χ3n) is 5.82. The van der Waals surface area contributed by atoms with Crippen LogP contribution in [0, 0.1) is 0 Å². The molecule has 0 unspecified atom stereocenters. The van der Waals surface area contributed by atoms with E-state index >= 15 is 0 Å². The number of carbonyl (C=O) groups is 2. The smallest absolute Gasteiger partial charge is 0.290 e. The zero-order valence-electron chi connectivity index (χ0n) is 18.6. The first-order chi connectivity index (χ1) is 16.0. The van der Waals surface area contributed by atoms with Gasteiger partial charge in [0.05, 0.1) is 11.0 Å². The van der Waals surface area contributed by atoms with Gasteiger partial charge in [0.15, 0.2) is 0 Å². The number of benzene rings is 2. The molecule has 2 aliphatic rings. The lowest BCUT2D eigenvalue weighted by Crippen LogP contribution is -2.21. The van der Waals surface area contributed by atoms with Gasteiger partial charge in [-0.1, -0.05) is 29.8 Å². The minimum atomic E-state index is -0.937. The molecule has 1 saturated heterocycles. The maximum Gasteiger partial charge on any atom is 0.290 e. The Morgan fingerprint density at radius 2 is 1.79 bits per heavy atom. The van der Waals surface area contributed by atoms with Crippen LogP contribution >= 0.6 is 22.9 Å². The van der Waals surface area contributed by atoms with Crippen LogP contribution in [0.15, 0.2) is 48.5 Å². The number of primary amides is 1. The Morgan fingerprint density at radius 1 is 1.06 bits per heavy atom. The SMILES string of the molecule is NC(=O)C(=O)c1cc2ccc(Cl)cc2s1.c1cc(OC2CC2)ccc1CCCN1CCCC1. The number of amides is 1. The Labute approximate surface area is 203 Å². The molecule has 174 valence electrons. The van der Waals surface area contributed by atoms with Crippen molar-refractivity contribution in [2.45, 2.75) is 44.6 Å². The second kappa shape index (κ2) is 11.1. The first-order valence-corrected chi connectivity index (χ1v) is 12.7. The largest absolute Gasteiger partial charge is 0.490 e. The number of hydrogen-bond donors (Lipinski definition) is 1. The quantitative estimate of drug-likeness (QED) is 0.339. The van der Waals surface area contributed by atoms with E-state index in [0.717, 1.165) is 15.8 Å². The van der Waals surface area contributed by atoms with Crippen LogP contribution in [0.3, 0.4) is 0 Å². The molecule has 2 fully saturated rings. The molecule has 1 aliphatic carbocycles. The van der Waals surface area contributed by atoms with E-state index in [0.29, 0.717) is 16.0 Å². The van der Waals surface area contributed by atoms with E-state index in [2.05, 4.69) is 29.2 Å². The van der Waals surface area contributed by atoms with Crippen LogP contribution in [0.1, 0.15) is 47.3 Å². The number of ketones is 1. The molecule has 0 radical (unpaired) electrons. The monoisotopic (exact) mass is 484 g/mol. The van der Waals surface area contributed by atoms with E-state index in [4.69, 9.17) is 22.1 Å². The summed E-state index contributed by atoms with van der Waals surface area (Å²) in [5, 5.41) is 1.48. The highest BCUT2D eigenvalue weighted by Crippen LogP contribution is 2.28. The molecule has 5 rings (SSSR count). The molecule has 0 spiro atoms. The number of thiophene rings is 1. The van der Waals surface area contributed by atoms with Crippen molar-refractivity contribution in [3.05, 3.63) is 64.0 Å². The molecular weight excluding hydrogens is 456 g/mol. The van der Waals surface area contributed by atoms with Gasteiger partial charge in [-0.05, 0) is 99.4 Å². The predicted octanol–water partition coefficient (Wildman–Crippen LogP) is 5.48. The lowest BCUT2D eigenvalue weighted by Gasteiger charge is -2.14. The number of rotatable bonds is 8. The van der Waals surface area contributed by atoms with E-state index in [9.17, 15) is 9.59 Å². The van der Waals surface area contributed by atoms with Crippen molar-refractivity contribution in [2.75, 3.05) is 19.6 Å². The standard InChI is InChI=1S/C16H23NO.C10H6ClNO2S/c1-2-12-17(11-1)13-3-4-14-5-7-15(8-6-14)18-16-9-10-16;11-6-2-1-5-3-8(9(13)10(12)14)15-7(5)4-6/h5-8,16H,1-4,9-13H2;1-4H,(H2,12,14). The fourth-order valence-corrected chi connectivity index (χ4v) is 5.15. The summed E-state index contributed by atoms with van der Waals surface area (Å²) in [5.41, 5.74) is 6.35. The Kier molecular flexibility index (Phi) is 8.02. The maximum atomic E-state index is 11.3. The number of nitrogens with zero attached hydrogens (tertiary/aromatic N) is 1. The van der Waals surface area contributed by atoms with Crippen LogP contribution in [-0.2, 0) is 11.2 Å². The van der Waals surface area contributed by atoms with Crippen molar-refractivity contribution in [3.63, 3.8) is 0 Å². The highest BCUT2D eigenvalue weighted by atomic mass is 35.5. The summed E-state index contributed by atoms with van der Waals surface area (Å²) in [6, 6.07) is 15.6. The Morgan fingerprint density at radius 3 is 2.45 bits per heavy atom. The van der Waals surface area contributed by atoms with Gasteiger partial charge in [-0.2, -0.15) is 0 Å². The number of likely N-dealkylation sites (tertiary alicyclic amines) is 1. The minimum Gasteiger partial charge on any atom is -0.490 e. The molecule has 0 bridgehead atoms.